The molecule has 0 aromatic heterocycles. The van der Waals surface area contributed by atoms with E-state index >= 15 is 0 Å². The van der Waals surface area contributed by atoms with Crippen molar-refractivity contribution in [1.82, 2.24) is 5.32 Å². The summed E-state index contributed by atoms with van der Waals surface area (Å²) in [6.07, 6.45) is 1.85. The Morgan fingerprint density at radius 3 is 2.43 bits per heavy atom. The minimum Gasteiger partial charge on any atom is -0.493 e. The smallest absolute Gasteiger partial charge is 0.223 e. The number of nitrogens with one attached hydrogen (secondary N) is 1. The highest BCUT2D eigenvalue weighted by atomic mass is 19.1. The molecule has 0 saturated heterocycles. The Morgan fingerprint density at radius 1 is 1.29 bits per heavy atom. The first-order valence-corrected chi connectivity index (χ1v) is 7.31. The molecule has 118 valence electrons. The SMILES string of the molecule is CCC(CC)(CO)CNC(=O)CCOc1ccc(F)cc1. The summed E-state index contributed by atoms with van der Waals surface area (Å²) in [6.45, 7) is 4.77. The summed E-state index contributed by atoms with van der Waals surface area (Å²) in [6, 6.07) is 5.68. The molecule has 0 heterocycles. The molecular formula is C16H24FNO3. The van der Waals surface area contributed by atoms with Gasteiger partial charge in [0.15, 0.2) is 0 Å². The highest BCUT2D eigenvalue weighted by molar-refractivity contribution is 5.76. The molecule has 1 rings (SSSR count). The first kappa shape index (κ1) is 17.4. The van der Waals surface area contributed by atoms with Gasteiger partial charge in [-0.05, 0) is 37.1 Å². The minimum absolute atomic E-state index is 0.0619. The lowest BCUT2D eigenvalue weighted by Gasteiger charge is -2.29. The molecule has 0 aliphatic carbocycles. The summed E-state index contributed by atoms with van der Waals surface area (Å²) in [5.41, 5.74) is -0.243. The third-order valence-electron chi connectivity index (χ3n) is 3.91. The standard InChI is InChI=1S/C16H24FNO3/c1-3-16(4-2,12-19)11-18-15(20)9-10-21-14-7-5-13(17)6-8-14/h5-8,19H,3-4,9-12H2,1-2H3,(H,18,20). The third-order valence-corrected chi connectivity index (χ3v) is 3.91. The maximum atomic E-state index is 12.7. The van der Waals surface area contributed by atoms with Crippen molar-refractivity contribution < 1.29 is 19.0 Å². The molecule has 4 nitrogen and oxygen atoms in total. The number of amides is 1. The zero-order chi connectivity index (χ0) is 15.7. The number of hydrogen-bond acceptors (Lipinski definition) is 3. The van der Waals surface area contributed by atoms with E-state index in [4.69, 9.17) is 4.74 Å². The van der Waals surface area contributed by atoms with Crippen molar-refractivity contribution in [2.75, 3.05) is 19.8 Å². The van der Waals surface area contributed by atoms with Gasteiger partial charge >= 0.3 is 0 Å². The zero-order valence-electron chi connectivity index (χ0n) is 12.7. The van der Waals surface area contributed by atoms with Crippen molar-refractivity contribution >= 4 is 5.91 Å². The molecule has 0 atom stereocenters. The number of rotatable bonds is 9. The molecule has 0 fully saturated rings. The van der Waals surface area contributed by atoms with E-state index < -0.39 is 0 Å². The number of ether oxygens (including phenoxy) is 1. The second-order valence-electron chi connectivity index (χ2n) is 5.19. The van der Waals surface area contributed by atoms with Crippen LogP contribution in [0.3, 0.4) is 0 Å². The Bertz CT molecular complexity index is 421. The van der Waals surface area contributed by atoms with Crippen LogP contribution in [0.2, 0.25) is 0 Å². The first-order valence-electron chi connectivity index (χ1n) is 7.31. The van der Waals surface area contributed by atoms with E-state index in [1.165, 1.54) is 24.3 Å². The average Bonchev–Trinajstić information content (AvgIpc) is 2.51. The number of benzene rings is 1. The average molecular weight is 297 g/mol. The molecule has 1 amide bonds. The Kier molecular flexibility index (Phi) is 7.15. The van der Waals surface area contributed by atoms with Gasteiger partial charge in [-0.25, -0.2) is 4.39 Å². The van der Waals surface area contributed by atoms with Gasteiger partial charge < -0.3 is 15.2 Å². The molecule has 0 bridgehead atoms. The molecule has 5 heteroatoms. The van der Waals surface area contributed by atoms with E-state index in [-0.39, 0.29) is 36.8 Å². The van der Waals surface area contributed by atoms with Gasteiger partial charge in [0.05, 0.1) is 19.6 Å². The molecule has 0 radical (unpaired) electrons. The molecule has 0 saturated carbocycles. The van der Waals surface area contributed by atoms with Gasteiger partial charge in [0, 0.05) is 12.0 Å². The van der Waals surface area contributed by atoms with Crippen LogP contribution < -0.4 is 10.1 Å². The Balaban J connectivity index is 2.29. The fourth-order valence-electron chi connectivity index (χ4n) is 1.95. The number of aliphatic hydroxyl groups excluding tert-OH is 1. The monoisotopic (exact) mass is 297 g/mol. The van der Waals surface area contributed by atoms with Crippen LogP contribution in [0.25, 0.3) is 0 Å². The van der Waals surface area contributed by atoms with Crippen LogP contribution in [-0.4, -0.2) is 30.8 Å². The lowest BCUT2D eigenvalue weighted by Crippen LogP contribution is -2.39. The van der Waals surface area contributed by atoms with E-state index in [1.54, 1.807) is 0 Å². The number of hydrogen-bond donors (Lipinski definition) is 2. The topological polar surface area (TPSA) is 58.6 Å². The van der Waals surface area contributed by atoms with Crippen LogP contribution in [0, 0.1) is 11.2 Å². The van der Waals surface area contributed by atoms with Gasteiger partial charge in [0.2, 0.25) is 5.91 Å². The van der Waals surface area contributed by atoms with Crippen molar-refractivity contribution in [3.8, 4) is 5.75 Å². The molecular weight excluding hydrogens is 273 g/mol. The van der Waals surface area contributed by atoms with Gasteiger partial charge in [-0.15, -0.1) is 0 Å². The maximum absolute atomic E-state index is 12.7. The second kappa shape index (κ2) is 8.62. The summed E-state index contributed by atoms with van der Waals surface area (Å²) >= 11 is 0. The van der Waals surface area contributed by atoms with Crippen LogP contribution in [0.5, 0.6) is 5.75 Å². The fraction of sp³-hybridized carbons (Fsp3) is 0.562. The van der Waals surface area contributed by atoms with E-state index in [0.717, 1.165) is 12.8 Å². The van der Waals surface area contributed by atoms with E-state index in [2.05, 4.69) is 5.32 Å². The molecule has 0 unspecified atom stereocenters. The summed E-state index contributed by atoms with van der Waals surface area (Å²) in [7, 11) is 0. The first-order chi connectivity index (χ1) is 10.0. The van der Waals surface area contributed by atoms with Crippen LogP contribution in [0.1, 0.15) is 33.1 Å². The van der Waals surface area contributed by atoms with Crippen molar-refractivity contribution in [1.29, 1.82) is 0 Å². The van der Waals surface area contributed by atoms with Gasteiger partial charge in [-0.3, -0.25) is 4.79 Å². The minimum atomic E-state index is -0.320. The van der Waals surface area contributed by atoms with Crippen LogP contribution in [0.4, 0.5) is 4.39 Å². The highest BCUT2D eigenvalue weighted by Gasteiger charge is 2.25. The Morgan fingerprint density at radius 2 is 1.90 bits per heavy atom. The number of halogens is 1. The lowest BCUT2D eigenvalue weighted by molar-refractivity contribution is -0.122. The van der Waals surface area contributed by atoms with Crippen molar-refractivity contribution in [3.05, 3.63) is 30.1 Å². The van der Waals surface area contributed by atoms with E-state index in [0.29, 0.717) is 12.3 Å². The third kappa shape index (κ3) is 5.71. The molecule has 1 aromatic rings. The summed E-state index contributed by atoms with van der Waals surface area (Å²) in [5, 5.41) is 12.3. The van der Waals surface area contributed by atoms with Gasteiger partial charge in [-0.1, -0.05) is 13.8 Å². The summed E-state index contributed by atoms with van der Waals surface area (Å²) in [5.74, 6) is 0.104. The highest BCUT2D eigenvalue weighted by Crippen LogP contribution is 2.24. The van der Waals surface area contributed by atoms with Gasteiger partial charge in [0.1, 0.15) is 11.6 Å². The Labute approximate surface area is 125 Å². The summed E-state index contributed by atoms with van der Waals surface area (Å²) < 4.78 is 18.1. The molecule has 0 spiro atoms. The predicted molar refractivity (Wildman–Crippen MR) is 79.6 cm³/mol. The van der Waals surface area contributed by atoms with Crippen LogP contribution in [0.15, 0.2) is 24.3 Å². The normalized spacial score (nSPS) is 11.2. The number of aliphatic hydroxyl groups is 1. The number of carbonyl (C=O) groups is 1. The van der Waals surface area contributed by atoms with Crippen molar-refractivity contribution in [3.63, 3.8) is 0 Å². The maximum Gasteiger partial charge on any atom is 0.223 e. The Hall–Kier alpha value is -1.62. The predicted octanol–water partition coefficient (Wildman–Crippen LogP) is 2.51. The fourth-order valence-corrected chi connectivity index (χ4v) is 1.95. The molecule has 1 aromatic carbocycles. The van der Waals surface area contributed by atoms with E-state index in [9.17, 15) is 14.3 Å². The van der Waals surface area contributed by atoms with Crippen LogP contribution >= 0.6 is 0 Å². The molecule has 21 heavy (non-hydrogen) atoms. The summed E-state index contributed by atoms with van der Waals surface area (Å²) in [4.78, 5) is 11.7. The quantitative estimate of drug-likeness (QED) is 0.736. The zero-order valence-corrected chi connectivity index (χ0v) is 12.7. The van der Waals surface area contributed by atoms with Gasteiger partial charge in [0.25, 0.3) is 0 Å². The second-order valence-corrected chi connectivity index (χ2v) is 5.19. The van der Waals surface area contributed by atoms with Crippen molar-refractivity contribution in [2.45, 2.75) is 33.1 Å². The van der Waals surface area contributed by atoms with E-state index in [1.807, 2.05) is 13.8 Å². The molecule has 0 aliphatic heterocycles. The lowest BCUT2D eigenvalue weighted by atomic mass is 9.83. The largest absolute Gasteiger partial charge is 0.493 e. The van der Waals surface area contributed by atoms with Crippen molar-refractivity contribution in [2.24, 2.45) is 5.41 Å². The number of carbonyl (C=O) groups excluding carboxylic acids is 1. The molecule has 2 N–H and O–H groups in total. The van der Waals surface area contributed by atoms with Crippen LogP contribution in [-0.2, 0) is 4.79 Å². The van der Waals surface area contributed by atoms with Gasteiger partial charge in [-0.2, -0.15) is 0 Å². The molecule has 0 aliphatic rings.